The number of carbonyl (C=O) groups is 2. The lowest BCUT2D eigenvalue weighted by Gasteiger charge is -2.23. The molecule has 2 amide bonds. The molecule has 0 spiro atoms. The van der Waals surface area contributed by atoms with Crippen LogP contribution in [0.2, 0.25) is 0 Å². The fourth-order valence-electron chi connectivity index (χ4n) is 1.96. The minimum absolute atomic E-state index is 0.00225. The average Bonchev–Trinajstić information content (AvgIpc) is 2.35. The third-order valence-corrected chi connectivity index (χ3v) is 3.04. The van der Waals surface area contributed by atoms with Crippen molar-refractivity contribution in [2.75, 3.05) is 6.54 Å². The van der Waals surface area contributed by atoms with Crippen molar-refractivity contribution in [1.82, 2.24) is 10.6 Å². The number of aryl methyl sites for hydroxylation is 1. The molecule has 2 N–H and O–H groups in total. The summed E-state index contributed by atoms with van der Waals surface area (Å²) >= 11 is 0. The normalized spacial score (nSPS) is 19.2. The van der Waals surface area contributed by atoms with Gasteiger partial charge in [-0.1, -0.05) is 6.07 Å². The van der Waals surface area contributed by atoms with Gasteiger partial charge in [0.1, 0.15) is 5.82 Å². The van der Waals surface area contributed by atoms with E-state index in [4.69, 9.17) is 0 Å². The molecule has 1 saturated heterocycles. The van der Waals surface area contributed by atoms with Gasteiger partial charge in [-0.15, -0.1) is 0 Å². The zero-order valence-electron chi connectivity index (χ0n) is 10.1. The quantitative estimate of drug-likeness (QED) is 0.827. The van der Waals surface area contributed by atoms with Crippen LogP contribution in [0, 0.1) is 12.7 Å². The second kappa shape index (κ2) is 5.16. The van der Waals surface area contributed by atoms with Gasteiger partial charge in [0, 0.05) is 24.6 Å². The van der Waals surface area contributed by atoms with Crippen LogP contribution in [0.5, 0.6) is 0 Å². The molecule has 1 aromatic rings. The van der Waals surface area contributed by atoms with Gasteiger partial charge < -0.3 is 10.6 Å². The first-order chi connectivity index (χ1) is 8.56. The largest absolute Gasteiger partial charge is 0.354 e. The number of halogens is 1. The standard InChI is InChI=1S/C13H15FN2O2/c1-8-2-3-9(14)6-11(8)13(18)16-10-4-5-12(17)15-7-10/h2-3,6,10H,4-5,7H2,1H3,(H,15,17)(H,16,18). The molecular weight excluding hydrogens is 235 g/mol. The number of rotatable bonds is 2. The van der Waals surface area contributed by atoms with E-state index in [-0.39, 0.29) is 17.9 Å². The van der Waals surface area contributed by atoms with E-state index in [1.165, 1.54) is 12.1 Å². The molecule has 0 aliphatic carbocycles. The molecule has 5 heteroatoms. The summed E-state index contributed by atoms with van der Waals surface area (Å²) in [7, 11) is 0. The molecule has 1 aliphatic heterocycles. The van der Waals surface area contributed by atoms with Crippen LogP contribution < -0.4 is 10.6 Å². The Morgan fingerprint density at radius 2 is 2.28 bits per heavy atom. The van der Waals surface area contributed by atoms with E-state index in [1.54, 1.807) is 13.0 Å². The first-order valence-electron chi connectivity index (χ1n) is 5.90. The van der Waals surface area contributed by atoms with E-state index in [9.17, 15) is 14.0 Å². The monoisotopic (exact) mass is 250 g/mol. The van der Waals surface area contributed by atoms with Crippen molar-refractivity contribution in [1.29, 1.82) is 0 Å². The molecule has 1 aromatic carbocycles. The van der Waals surface area contributed by atoms with E-state index in [0.29, 0.717) is 24.9 Å². The first-order valence-corrected chi connectivity index (χ1v) is 5.90. The molecule has 18 heavy (non-hydrogen) atoms. The maximum atomic E-state index is 13.1. The van der Waals surface area contributed by atoms with Crippen LogP contribution in [0.25, 0.3) is 0 Å². The van der Waals surface area contributed by atoms with Gasteiger partial charge in [0.15, 0.2) is 0 Å². The zero-order valence-corrected chi connectivity index (χ0v) is 10.1. The maximum absolute atomic E-state index is 13.1. The van der Waals surface area contributed by atoms with Crippen molar-refractivity contribution in [3.8, 4) is 0 Å². The van der Waals surface area contributed by atoms with Crippen LogP contribution in [0.15, 0.2) is 18.2 Å². The van der Waals surface area contributed by atoms with Gasteiger partial charge in [-0.05, 0) is 31.0 Å². The lowest BCUT2D eigenvalue weighted by atomic mass is 10.0. The molecule has 0 saturated carbocycles. The highest BCUT2D eigenvalue weighted by molar-refractivity contribution is 5.96. The van der Waals surface area contributed by atoms with Crippen LogP contribution in [0.4, 0.5) is 4.39 Å². The van der Waals surface area contributed by atoms with Gasteiger partial charge in [0.05, 0.1) is 0 Å². The molecule has 1 aliphatic rings. The predicted octanol–water partition coefficient (Wildman–Crippen LogP) is 1.14. The highest BCUT2D eigenvalue weighted by atomic mass is 19.1. The summed E-state index contributed by atoms with van der Waals surface area (Å²) in [6.07, 6.45) is 1.03. The predicted molar refractivity (Wildman–Crippen MR) is 64.6 cm³/mol. The van der Waals surface area contributed by atoms with Crippen molar-refractivity contribution in [3.63, 3.8) is 0 Å². The van der Waals surface area contributed by atoms with E-state index < -0.39 is 5.82 Å². The summed E-state index contributed by atoms with van der Waals surface area (Å²) in [5, 5.41) is 5.49. The maximum Gasteiger partial charge on any atom is 0.251 e. The van der Waals surface area contributed by atoms with Gasteiger partial charge in [-0.3, -0.25) is 9.59 Å². The third-order valence-electron chi connectivity index (χ3n) is 3.04. The number of piperidine rings is 1. The summed E-state index contributed by atoms with van der Waals surface area (Å²) < 4.78 is 13.1. The van der Waals surface area contributed by atoms with Gasteiger partial charge in [0.2, 0.25) is 5.91 Å². The van der Waals surface area contributed by atoms with Crippen molar-refractivity contribution in [2.45, 2.75) is 25.8 Å². The van der Waals surface area contributed by atoms with Gasteiger partial charge in [-0.25, -0.2) is 4.39 Å². The molecule has 1 unspecified atom stereocenters. The van der Waals surface area contributed by atoms with Crippen molar-refractivity contribution >= 4 is 11.8 Å². The molecule has 0 aromatic heterocycles. The molecule has 1 fully saturated rings. The average molecular weight is 250 g/mol. The Morgan fingerprint density at radius 3 is 2.94 bits per heavy atom. The fourth-order valence-corrected chi connectivity index (χ4v) is 1.96. The lowest BCUT2D eigenvalue weighted by molar-refractivity contribution is -0.122. The third kappa shape index (κ3) is 2.85. The minimum Gasteiger partial charge on any atom is -0.354 e. The Morgan fingerprint density at radius 1 is 1.50 bits per heavy atom. The lowest BCUT2D eigenvalue weighted by Crippen LogP contribution is -2.47. The number of nitrogens with one attached hydrogen (secondary N) is 2. The topological polar surface area (TPSA) is 58.2 Å². The molecule has 2 rings (SSSR count). The minimum atomic E-state index is -0.428. The number of amides is 2. The summed E-state index contributed by atoms with van der Waals surface area (Å²) in [6, 6.07) is 4.05. The van der Waals surface area contributed by atoms with Crippen molar-refractivity contribution < 1.29 is 14.0 Å². The Labute approximate surface area is 105 Å². The van der Waals surface area contributed by atoms with Crippen LogP contribution in [-0.2, 0) is 4.79 Å². The van der Waals surface area contributed by atoms with Gasteiger partial charge >= 0.3 is 0 Å². The smallest absolute Gasteiger partial charge is 0.251 e. The highest BCUT2D eigenvalue weighted by Crippen LogP contribution is 2.11. The number of benzene rings is 1. The zero-order chi connectivity index (χ0) is 13.1. The number of hydrogen-bond donors (Lipinski definition) is 2. The van der Waals surface area contributed by atoms with E-state index in [0.717, 1.165) is 5.56 Å². The first kappa shape index (κ1) is 12.5. The summed E-state index contributed by atoms with van der Waals surface area (Å²) in [6.45, 7) is 2.19. The molecule has 0 radical (unpaired) electrons. The summed E-state index contributed by atoms with van der Waals surface area (Å²) in [5.41, 5.74) is 1.07. The van der Waals surface area contributed by atoms with Crippen LogP contribution in [0.3, 0.4) is 0 Å². The Hall–Kier alpha value is -1.91. The van der Waals surface area contributed by atoms with Crippen LogP contribution in [-0.4, -0.2) is 24.4 Å². The summed E-state index contributed by atoms with van der Waals surface area (Å²) in [4.78, 5) is 23.0. The SMILES string of the molecule is Cc1ccc(F)cc1C(=O)NC1CCC(=O)NC1. The van der Waals surface area contributed by atoms with Gasteiger partial charge in [-0.2, -0.15) is 0 Å². The van der Waals surface area contributed by atoms with E-state index in [2.05, 4.69) is 10.6 Å². The molecule has 4 nitrogen and oxygen atoms in total. The number of carbonyl (C=O) groups excluding carboxylic acids is 2. The van der Waals surface area contributed by atoms with Gasteiger partial charge in [0.25, 0.3) is 5.91 Å². The Balaban J connectivity index is 2.03. The second-order valence-corrected chi connectivity index (χ2v) is 4.47. The molecular formula is C13H15FN2O2. The van der Waals surface area contributed by atoms with E-state index >= 15 is 0 Å². The fraction of sp³-hybridized carbons (Fsp3) is 0.385. The van der Waals surface area contributed by atoms with Crippen molar-refractivity contribution in [3.05, 3.63) is 35.1 Å². The Bertz CT molecular complexity index is 478. The summed E-state index contributed by atoms with van der Waals surface area (Å²) in [5.74, 6) is -0.724. The second-order valence-electron chi connectivity index (χ2n) is 4.47. The van der Waals surface area contributed by atoms with Crippen LogP contribution >= 0.6 is 0 Å². The molecule has 0 bridgehead atoms. The molecule has 1 atom stereocenters. The van der Waals surface area contributed by atoms with Crippen LogP contribution in [0.1, 0.15) is 28.8 Å². The molecule has 96 valence electrons. The van der Waals surface area contributed by atoms with Crippen molar-refractivity contribution in [2.24, 2.45) is 0 Å². The Kier molecular flexibility index (Phi) is 3.60. The molecule has 1 heterocycles. The van der Waals surface area contributed by atoms with E-state index in [1.807, 2.05) is 0 Å². The highest BCUT2D eigenvalue weighted by Gasteiger charge is 2.20. The number of hydrogen-bond acceptors (Lipinski definition) is 2.